The third-order valence-electron chi connectivity index (χ3n) is 7.83. The minimum atomic E-state index is -0.464. The number of hydrogen-bond donors (Lipinski definition) is 3. The van der Waals surface area contributed by atoms with Crippen molar-refractivity contribution >= 4 is 17.2 Å². The fourth-order valence-corrected chi connectivity index (χ4v) is 6.32. The molecule has 1 aromatic carbocycles. The van der Waals surface area contributed by atoms with Crippen LogP contribution in [0.4, 0.5) is 0 Å². The number of nitrogens with zero attached hydrogens (tertiary/aromatic N) is 4. The molecular formula is C34H55N7O5S. The zero-order valence-electron chi connectivity index (χ0n) is 29.2. The Labute approximate surface area is 284 Å². The Bertz CT molecular complexity index is 1280. The highest BCUT2D eigenvalue weighted by Crippen LogP contribution is 2.32. The van der Waals surface area contributed by atoms with E-state index >= 15 is 0 Å². The smallest absolute Gasteiger partial charge is 0.254 e. The number of methoxy groups -OCH3 is 1. The van der Waals surface area contributed by atoms with Crippen molar-refractivity contribution in [1.82, 2.24) is 36.3 Å². The molecule has 13 heteroatoms. The first-order valence-corrected chi connectivity index (χ1v) is 17.6. The average Bonchev–Trinajstić information content (AvgIpc) is 3.85. The topological polar surface area (TPSA) is 126 Å². The lowest BCUT2D eigenvalue weighted by atomic mass is 9.92. The second kappa shape index (κ2) is 21.1. The molecule has 0 spiro atoms. The molecule has 2 atom stereocenters. The summed E-state index contributed by atoms with van der Waals surface area (Å²) in [5, 5.41) is 7.47. The van der Waals surface area contributed by atoms with E-state index in [4.69, 9.17) is 14.1 Å². The number of piperazine rings is 1. The van der Waals surface area contributed by atoms with E-state index in [9.17, 15) is 4.79 Å². The van der Waals surface area contributed by atoms with Crippen molar-refractivity contribution in [3.8, 4) is 16.3 Å². The van der Waals surface area contributed by atoms with Crippen LogP contribution in [0.25, 0.3) is 10.4 Å². The number of thiazole rings is 1. The highest BCUT2D eigenvalue weighted by atomic mass is 32.1. The van der Waals surface area contributed by atoms with Crippen LogP contribution in [0, 0.1) is 12.8 Å². The molecule has 1 amide bonds. The molecule has 0 aliphatic carbocycles. The summed E-state index contributed by atoms with van der Waals surface area (Å²) in [6.45, 7) is 17.1. The van der Waals surface area contributed by atoms with E-state index in [-0.39, 0.29) is 18.1 Å². The minimum Gasteiger partial charge on any atom is -0.475 e. The maximum Gasteiger partial charge on any atom is 0.254 e. The second-order valence-corrected chi connectivity index (χ2v) is 12.5. The van der Waals surface area contributed by atoms with Crippen LogP contribution in [-0.4, -0.2) is 92.2 Å². The standard InChI is InChI=1S/C30H43N7O4S.C2H6O.C2H6/c1-21(2)28(25-18-26(34-40-25)39-17-5-13-36-15-11-31-12-16-36)30(38)37-14-4-6-27(37)41-35-33-19-23-7-9-24(10-8-23)29-22(3)32-20-42-29;1-3-2;1-2/h7-10,18,20-21,27-28,31,33,35H,4-6,11-17,19H2,1-3H3;1-2H3;1-2H3. The van der Waals surface area contributed by atoms with Crippen molar-refractivity contribution in [3.63, 3.8) is 0 Å². The van der Waals surface area contributed by atoms with Crippen molar-refractivity contribution in [1.29, 1.82) is 0 Å². The molecule has 2 unspecified atom stereocenters. The van der Waals surface area contributed by atoms with E-state index < -0.39 is 5.92 Å². The number of benzene rings is 1. The second-order valence-electron chi connectivity index (χ2n) is 11.7. The van der Waals surface area contributed by atoms with Crippen LogP contribution in [0.15, 0.2) is 40.4 Å². The Morgan fingerprint density at radius 1 is 1.15 bits per heavy atom. The van der Waals surface area contributed by atoms with Gasteiger partial charge in [-0.05, 0) is 48.4 Å². The molecule has 2 aliphatic rings. The van der Waals surface area contributed by atoms with Crippen LogP contribution in [0.2, 0.25) is 0 Å². The number of aryl methyl sites for hydroxylation is 1. The zero-order valence-corrected chi connectivity index (χ0v) is 30.0. The molecule has 0 saturated carbocycles. The van der Waals surface area contributed by atoms with Gasteiger partial charge in [0, 0.05) is 66.1 Å². The van der Waals surface area contributed by atoms with Gasteiger partial charge in [0.15, 0.2) is 12.0 Å². The lowest BCUT2D eigenvalue weighted by molar-refractivity contribution is -0.155. The maximum atomic E-state index is 13.7. The molecule has 5 rings (SSSR count). The molecule has 0 radical (unpaired) electrons. The van der Waals surface area contributed by atoms with Crippen molar-refractivity contribution in [3.05, 3.63) is 52.9 Å². The fraction of sp³-hybridized carbons (Fsp3) is 0.618. The third-order valence-corrected chi connectivity index (χ3v) is 8.80. The third kappa shape index (κ3) is 11.9. The number of likely N-dealkylation sites (tertiary alicyclic amines) is 1. The molecule has 4 heterocycles. The summed E-state index contributed by atoms with van der Waals surface area (Å²) in [6, 6.07) is 10.2. The molecule has 3 aromatic rings. The SMILES string of the molecule is CC.COC.Cc1ncsc1-c1ccc(CNNOC2CCCN2C(=O)C(c2cc(OCCCN3CCNCC3)no2)C(C)C)cc1. The largest absolute Gasteiger partial charge is 0.475 e. The van der Waals surface area contributed by atoms with Gasteiger partial charge < -0.3 is 29.1 Å². The number of carbonyl (C=O) groups is 1. The molecule has 2 fully saturated rings. The van der Waals surface area contributed by atoms with Gasteiger partial charge in [-0.2, -0.15) is 0 Å². The predicted octanol–water partition coefficient (Wildman–Crippen LogP) is 4.98. The Hall–Kier alpha value is -2.91. The summed E-state index contributed by atoms with van der Waals surface area (Å²) in [5.41, 5.74) is 11.2. The van der Waals surface area contributed by atoms with Gasteiger partial charge in [0.05, 0.1) is 22.7 Å². The van der Waals surface area contributed by atoms with Gasteiger partial charge in [0.25, 0.3) is 5.88 Å². The summed E-state index contributed by atoms with van der Waals surface area (Å²) in [4.78, 5) is 29.4. The summed E-state index contributed by atoms with van der Waals surface area (Å²) < 4.78 is 15.7. The molecule has 0 bridgehead atoms. The number of aromatic nitrogens is 2. The molecule has 12 nitrogen and oxygen atoms in total. The lowest BCUT2D eigenvalue weighted by Crippen LogP contribution is -2.45. The van der Waals surface area contributed by atoms with Gasteiger partial charge in [-0.15, -0.1) is 16.9 Å². The van der Waals surface area contributed by atoms with Crippen LogP contribution in [-0.2, 0) is 20.9 Å². The minimum absolute atomic E-state index is 0.0232. The van der Waals surface area contributed by atoms with E-state index in [0.717, 1.165) is 63.2 Å². The quantitative estimate of drug-likeness (QED) is 0.158. The van der Waals surface area contributed by atoms with E-state index in [0.29, 0.717) is 31.3 Å². The molecule has 2 aromatic heterocycles. The number of nitrogens with one attached hydrogen (secondary N) is 3. The summed E-state index contributed by atoms with van der Waals surface area (Å²) >= 11 is 1.65. The number of hydrogen-bond acceptors (Lipinski definition) is 12. The molecule has 2 saturated heterocycles. The van der Waals surface area contributed by atoms with Gasteiger partial charge in [-0.25, -0.2) is 10.4 Å². The zero-order chi connectivity index (χ0) is 34.0. The van der Waals surface area contributed by atoms with Gasteiger partial charge >= 0.3 is 0 Å². The molecule has 3 N–H and O–H groups in total. The lowest BCUT2D eigenvalue weighted by Gasteiger charge is -2.29. The van der Waals surface area contributed by atoms with Crippen molar-refractivity contribution in [2.75, 3.05) is 60.1 Å². The molecule has 47 heavy (non-hydrogen) atoms. The van der Waals surface area contributed by atoms with E-state index in [1.807, 2.05) is 40.1 Å². The molecule has 2 aliphatic heterocycles. The number of amides is 1. The van der Waals surface area contributed by atoms with Crippen LogP contribution >= 0.6 is 11.3 Å². The van der Waals surface area contributed by atoms with E-state index in [1.165, 1.54) is 10.4 Å². The Morgan fingerprint density at radius 3 is 2.53 bits per heavy atom. The van der Waals surface area contributed by atoms with Crippen molar-refractivity contribution < 1.29 is 23.6 Å². The first-order valence-electron chi connectivity index (χ1n) is 16.8. The highest BCUT2D eigenvalue weighted by Gasteiger charge is 2.38. The summed E-state index contributed by atoms with van der Waals surface area (Å²) in [5.74, 6) is 0.494. The summed E-state index contributed by atoms with van der Waals surface area (Å²) in [6.07, 6.45) is 2.18. The first kappa shape index (κ1) is 38.5. The van der Waals surface area contributed by atoms with Crippen LogP contribution in [0.5, 0.6) is 5.88 Å². The Morgan fingerprint density at radius 2 is 1.87 bits per heavy atom. The van der Waals surface area contributed by atoms with Crippen LogP contribution in [0.1, 0.15) is 69.9 Å². The normalized spacial score (nSPS) is 17.1. The molecule has 262 valence electrons. The predicted molar refractivity (Wildman–Crippen MR) is 186 cm³/mol. The number of carbonyl (C=O) groups excluding carboxylic acids is 1. The number of ether oxygens (including phenoxy) is 2. The van der Waals surface area contributed by atoms with Gasteiger partial charge in [-0.1, -0.05) is 52.0 Å². The Balaban J connectivity index is 0.00000114. The first-order chi connectivity index (χ1) is 22.9. The Kier molecular flexibility index (Phi) is 17.3. The van der Waals surface area contributed by atoms with E-state index in [1.54, 1.807) is 36.5 Å². The van der Waals surface area contributed by atoms with Crippen LogP contribution < -0.4 is 21.1 Å². The highest BCUT2D eigenvalue weighted by molar-refractivity contribution is 7.13. The monoisotopic (exact) mass is 673 g/mol. The van der Waals surface area contributed by atoms with Crippen LogP contribution in [0.3, 0.4) is 0 Å². The fourth-order valence-electron chi connectivity index (χ4n) is 5.51. The van der Waals surface area contributed by atoms with Gasteiger partial charge in [-0.3, -0.25) is 9.63 Å². The van der Waals surface area contributed by atoms with Crippen molar-refractivity contribution in [2.45, 2.75) is 72.6 Å². The van der Waals surface area contributed by atoms with Gasteiger partial charge in [0.1, 0.15) is 5.92 Å². The number of hydrazine groups is 1. The average molecular weight is 674 g/mol. The van der Waals surface area contributed by atoms with Crippen molar-refractivity contribution in [2.24, 2.45) is 5.92 Å². The maximum absolute atomic E-state index is 13.7. The van der Waals surface area contributed by atoms with E-state index in [2.05, 4.69) is 60.4 Å². The van der Waals surface area contributed by atoms with Gasteiger partial charge in [0.2, 0.25) is 5.91 Å². The number of rotatable bonds is 14. The molecular weight excluding hydrogens is 618 g/mol. The summed E-state index contributed by atoms with van der Waals surface area (Å²) in [7, 11) is 3.25.